The highest BCUT2D eigenvalue weighted by Gasteiger charge is 2.26. The lowest BCUT2D eigenvalue weighted by atomic mass is 9.94. The van der Waals surface area contributed by atoms with E-state index in [9.17, 15) is 0 Å². The summed E-state index contributed by atoms with van der Waals surface area (Å²) >= 11 is 16.2. The maximum absolute atomic E-state index is 6.58. The number of rotatable bonds is 4. The average molecular weight is 519 g/mol. The third kappa shape index (κ3) is 4.32. The molecule has 0 aliphatic carbocycles. The third-order valence-electron chi connectivity index (χ3n) is 5.01. The molecule has 0 spiro atoms. The molecule has 0 amide bonds. The highest BCUT2D eigenvalue weighted by molar-refractivity contribution is 9.10. The molecule has 2 aromatic carbocycles. The molecule has 31 heavy (non-hydrogen) atoms. The number of hydrogen-bond acceptors (Lipinski definition) is 3. The molecule has 0 bridgehead atoms. The smallest absolute Gasteiger partial charge is 0.247 e. The second kappa shape index (κ2) is 8.45. The zero-order valence-electron chi connectivity index (χ0n) is 17.7. The zero-order chi connectivity index (χ0) is 22.3. The van der Waals surface area contributed by atoms with Gasteiger partial charge in [-0.2, -0.15) is 0 Å². The van der Waals surface area contributed by atoms with Crippen LogP contribution in [0, 0.1) is 0 Å². The van der Waals surface area contributed by atoms with Gasteiger partial charge in [0.2, 0.25) is 5.89 Å². The van der Waals surface area contributed by atoms with Crippen LogP contribution in [0.15, 0.2) is 57.6 Å². The van der Waals surface area contributed by atoms with Crippen molar-refractivity contribution in [3.8, 4) is 28.7 Å². The molecule has 4 aromatic rings. The Kier molecular flexibility index (Phi) is 6.03. The summed E-state index contributed by atoms with van der Waals surface area (Å²) in [5, 5.41) is 1.11. The minimum absolute atomic E-state index is 0.145. The van der Waals surface area contributed by atoms with Crippen molar-refractivity contribution in [3.63, 3.8) is 0 Å². The largest absolute Gasteiger partial charge is 0.439 e. The number of hydrogen-bond donors (Lipinski definition) is 0. The van der Waals surface area contributed by atoms with Gasteiger partial charge in [-0.25, -0.2) is 9.97 Å². The van der Waals surface area contributed by atoms with Crippen molar-refractivity contribution in [3.05, 3.63) is 74.6 Å². The van der Waals surface area contributed by atoms with Gasteiger partial charge in [-0.05, 0) is 48.9 Å². The summed E-state index contributed by atoms with van der Waals surface area (Å²) in [4.78, 5) is 9.52. The number of halogens is 3. The SMILES string of the molecule is CCc1c(-c2ncc(C(C)(C)C)o2)nc(-c2ccc(Cl)cc2Cl)n1-c1ccc(Br)cc1. The molecule has 0 aliphatic rings. The minimum atomic E-state index is -0.145. The van der Waals surface area contributed by atoms with Gasteiger partial charge in [-0.15, -0.1) is 0 Å². The summed E-state index contributed by atoms with van der Waals surface area (Å²) in [6, 6.07) is 13.5. The van der Waals surface area contributed by atoms with Crippen LogP contribution in [-0.2, 0) is 11.8 Å². The van der Waals surface area contributed by atoms with Crippen molar-refractivity contribution in [1.82, 2.24) is 14.5 Å². The molecule has 0 radical (unpaired) electrons. The fraction of sp³-hybridized carbons (Fsp3) is 0.250. The summed E-state index contributed by atoms with van der Waals surface area (Å²) in [5.41, 5.74) is 3.32. The molecule has 0 unspecified atom stereocenters. The van der Waals surface area contributed by atoms with Gasteiger partial charge in [-0.1, -0.05) is 66.8 Å². The van der Waals surface area contributed by atoms with Crippen LogP contribution >= 0.6 is 39.1 Å². The van der Waals surface area contributed by atoms with E-state index >= 15 is 0 Å². The van der Waals surface area contributed by atoms with Crippen LogP contribution in [0.2, 0.25) is 10.0 Å². The zero-order valence-corrected chi connectivity index (χ0v) is 20.8. The Morgan fingerprint density at radius 3 is 2.35 bits per heavy atom. The van der Waals surface area contributed by atoms with E-state index in [0.29, 0.717) is 27.5 Å². The van der Waals surface area contributed by atoms with Gasteiger partial charge in [0.1, 0.15) is 17.3 Å². The maximum atomic E-state index is 6.58. The van der Waals surface area contributed by atoms with E-state index in [1.165, 1.54) is 0 Å². The Bertz CT molecular complexity index is 1240. The summed E-state index contributed by atoms with van der Waals surface area (Å²) in [5.74, 6) is 2.03. The van der Waals surface area contributed by atoms with E-state index < -0.39 is 0 Å². The second-order valence-corrected chi connectivity index (χ2v) is 10.1. The van der Waals surface area contributed by atoms with Crippen molar-refractivity contribution in [1.29, 1.82) is 0 Å². The van der Waals surface area contributed by atoms with Crippen molar-refractivity contribution in [2.75, 3.05) is 0 Å². The number of nitrogens with zero attached hydrogens (tertiary/aromatic N) is 3. The molecule has 0 saturated heterocycles. The first-order valence-corrected chi connectivity index (χ1v) is 11.5. The first-order valence-electron chi connectivity index (χ1n) is 9.98. The van der Waals surface area contributed by atoms with Crippen LogP contribution in [0.4, 0.5) is 0 Å². The predicted molar refractivity (Wildman–Crippen MR) is 130 cm³/mol. The molecule has 4 nitrogen and oxygen atoms in total. The molecule has 7 heteroatoms. The van der Waals surface area contributed by atoms with Gasteiger partial charge < -0.3 is 4.42 Å². The Morgan fingerprint density at radius 1 is 1.06 bits per heavy atom. The van der Waals surface area contributed by atoms with Gasteiger partial charge in [0, 0.05) is 26.2 Å². The van der Waals surface area contributed by atoms with E-state index in [-0.39, 0.29) is 5.41 Å². The molecule has 0 N–H and O–H groups in total. The highest BCUT2D eigenvalue weighted by atomic mass is 79.9. The van der Waals surface area contributed by atoms with Gasteiger partial charge in [-0.3, -0.25) is 4.57 Å². The standard InChI is InChI=1S/C24H22BrCl2N3O/c1-5-19-21(23-28-13-20(31-23)24(2,3)4)29-22(17-11-8-15(26)12-18(17)27)30(19)16-9-6-14(25)7-10-16/h6-13H,5H2,1-4H3. The number of aromatic nitrogens is 3. The number of oxazole rings is 1. The average Bonchev–Trinajstić information content (AvgIpc) is 3.33. The fourth-order valence-electron chi connectivity index (χ4n) is 3.40. The van der Waals surface area contributed by atoms with Crippen LogP contribution in [0.5, 0.6) is 0 Å². The molecular weight excluding hydrogens is 497 g/mol. The van der Waals surface area contributed by atoms with Crippen LogP contribution in [0.1, 0.15) is 39.1 Å². The normalized spacial score (nSPS) is 11.8. The van der Waals surface area contributed by atoms with Gasteiger partial charge >= 0.3 is 0 Å². The van der Waals surface area contributed by atoms with Gasteiger partial charge in [0.15, 0.2) is 0 Å². The first kappa shape index (κ1) is 22.1. The van der Waals surface area contributed by atoms with Crippen molar-refractivity contribution >= 4 is 39.1 Å². The molecular formula is C24H22BrCl2N3O. The molecule has 4 rings (SSSR count). The summed E-state index contributed by atoms with van der Waals surface area (Å²) in [7, 11) is 0. The predicted octanol–water partition coefficient (Wildman–Crippen LogP) is 8.12. The second-order valence-electron chi connectivity index (χ2n) is 8.30. The highest BCUT2D eigenvalue weighted by Crippen LogP contribution is 2.37. The van der Waals surface area contributed by atoms with Gasteiger partial charge in [0.05, 0.1) is 16.9 Å². The third-order valence-corrected chi connectivity index (χ3v) is 6.09. The Labute approximate surface area is 200 Å². The summed E-state index contributed by atoms with van der Waals surface area (Å²) in [6.07, 6.45) is 2.51. The van der Waals surface area contributed by atoms with E-state index in [2.05, 4.69) is 53.2 Å². The molecule has 0 fully saturated rings. The van der Waals surface area contributed by atoms with Gasteiger partial charge in [0.25, 0.3) is 0 Å². The lowest BCUT2D eigenvalue weighted by molar-refractivity contribution is 0.415. The fourth-order valence-corrected chi connectivity index (χ4v) is 4.16. The topological polar surface area (TPSA) is 43.9 Å². The Hall–Kier alpha value is -2.08. The first-order chi connectivity index (χ1) is 14.7. The van der Waals surface area contributed by atoms with E-state index in [1.54, 1.807) is 12.3 Å². The summed E-state index contributed by atoms with van der Waals surface area (Å²) < 4.78 is 9.25. The van der Waals surface area contributed by atoms with Crippen molar-refractivity contribution in [2.24, 2.45) is 0 Å². The summed E-state index contributed by atoms with van der Waals surface area (Å²) in [6.45, 7) is 8.38. The molecule has 0 aliphatic heterocycles. The monoisotopic (exact) mass is 517 g/mol. The molecule has 2 heterocycles. The quantitative estimate of drug-likeness (QED) is 0.274. The maximum Gasteiger partial charge on any atom is 0.247 e. The minimum Gasteiger partial charge on any atom is -0.439 e. The molecule has 0 saturated carbocycles. The van der Waals surface area contributed by atoms with Crippen molar-refractivity contribution < 1.29 is 4.42 Å². The van der Waals surface area contributed by atoms with E-state index in [4.69, 9.17) is 32.6 Å². The number of benzene rings is 2. The lowest BCUT2D eigenvalue weighted by Gasteiger charge is -2.13. The number of imidazole rings is 1. The van der Waals surface area contributed by atoms with Crippen LogP contribution in [-0.4, -0.2) is 14.5 Å². The van der Waals surface area contributed by atoms with E-state index in [0.717, 1.165) is 33.6 Å². The molecule has 160 valence electrons. The van der Waals surface area contributed by atoms with E-state index in [1.807, 2.05) is 36.4 Å². The lowest BCUT2D eigenvalue weighted by Crippen LogP contribution is -2.09. The van der Waals surface area contributed by atoms with Crippen molar-refractivity contribution in [2.45, 2.75) is 39.5 Å². The molecule has 2 aromatic heterocycles. The van der Waals surface area contributed by atoms with Crippen LogP contribution in [0.25, 0.3) is 28.7 Å². The van der Waals surface area contributed by atoms with Crippen LogP contribution in [0.3, 0.4) is 0 Å². The Morgan fingerprint density at radius 2 is 1.77 bits per heavy atom. The van der Waals surface area contributed by atoms with Crippen LogP contribution < -0.4 is 0 Å². The Balaban J connectivity index is 1.99. The molecule has 0 atom stereocenters.